The standard InChI is InChI=1S/C21H18N4Si/c1-26(2,3)20-21-24-16-10-5-4-7-13(16)14-8-6-9-15(18(14)24)19-22-12-11-17(23-20)25(19)21/h4-12H,1-3H3. The first-order valence-electron chi connectivity index (χ1n) is 8.96. The molecule has 4 aromatic heterocycles. The second-order valence-electron chi connectivity index (χ2n) is 8.05. The van der Waals surface area contributed by atoms with Crippen molar-refractivity contribution in [3.05, 3.63) is 54.7 Å². The van der Waals surface area contributed by atoms with Gasteiger partial charge in [-0.1, -0.05) is 50.0 Å². The fraction of sp³-hybridized carbons (Fsp3) is 0.143. The van der Waals surface area contributed by atoms with Gasteiger partial charge in [0.1, 0.15) is 25.0 Å². The maximum Gasteiger partial charge on any atom is 0.149 e. The molecule has 4 heterocycles. The Labute approximate surface area is 151 Å². The first-order chi connectivity index (χ1) is 12.6. The molecular formula is C21H18N4Si. The molecule has 0 fully saturated rings. The van der Waals surface area contributed by atoms with Crippen molar-refractivity contribution in [3.8, 4) is 0 Å². The van der Waals surface area contributed by atoms with Gasteiger partial charge in [0.25, 0.3) is 0 Å². The summed E-state index contributed by atoms with van der Waals surface area (Å²) in [6, 6.07) is 17.2. The highest BCUT2D eigenvalue weighted by molar-refractivity contribution is 6.89. The number of benzene rings is 2. The summed E-state index contributed by atoms with van der Waals surface area (Å²) in [5.74, 6) is 0. The monoisotopic (exact) mass is 354 g/mol. The lowest BCUT2D eigenvalue weighted by molar-refractivity contribution is 1.14. The molecule has 5 heteroatoms. The molecule has 6 rings (SSSR count). The van der Waals surface area contributed by atoms with Crippen molar-refractivity contribution in [1.29, 1.82) is 0 Å². The Balaban J connectivity index is 2.10. The molecule has 0 bridgehead atoms. The van der Waals surface area contributed by atoms with E-state index in [1.54, 1.807) is 0 Å². The van der Waals surface area contributed by atoms with Crippen molar-refractivity contribution < 1.29 is 0 Å². The number of imidazole rings is 1. The number of hydrogen-bond acceptors (Lipinski definition) is 2. The fourth-order valence-electron chi connectivity index (χ4n) is 4.30. The van der Waals surface area contributed by atoms with Gasteiger partial charge in [0.15, 0.2) is 0 Å². The average Bonchev–Trinajstić information content (AvgIpc) is 3.17. The molecule has 6 aromatic rings. The molecule has 26 heavy (non-hydrogen) atoms. The van der Waals surface area contributed by atoms with Crippen LogP contribution in [0.2, 0.25) is 19.6 Å². The lowest BCUT2D eigenvalue weighted by atomic mass is 10.1. The van der Waals surface area contributed by atoms with Crippen LogP contribution in [-0.4, -0.2) is 26.8 Å². The molecule has 0 atom stereocenters. The number of nitrogens with zero attached hydrogens (tertiary/aromatic N) is 4. The van der Waals surface area contributed by atoms with E-state index in [2.05, 4.69) is 70.9 Å². The molecule has 126 valence electrons. The summed E-state index contributed by atoms with van der Waals surface area (Å²) < 4.78 is 4.67. The first kappa shape index (κ1) is 14.3. The summed E-state index contributed by atoms with van der Waals surface area (Å²) in [6.07, 6.45) is 1.88. The Morgan fingerprint density at radius 3 is 2.42 bits per heavy atom. The van der Waals surface area contributed by atoms with Gasteiger partial charge in [-0.25, -0.2) is 9.97 Å². The van der Waals surface area contributed by atoms with Crippen molar-refractivity contribution in [2.75, 3.05) is 0 Å². The third-order valence-electron chi connectivity index (χ3n) is 5.37. The molecule has 0 spiro atoms. The molecule has 0 saturated carbocycles. The topological polar surface area (TPSA) is 34.6 Å². The normalized spacial score (nSPS) is 13.2. The molecule has 0 unspecified atom stereocenters. The molecule has 0 aliphatic rings. The van der Waals surface area contributed by atoms with E-state index in [-0.39, 0.29) is 0 Å². The Morgan fingerprint density at radius 2 is 1.58 bits per heavy atom. The van der Waals surface area contributed by atoms with Crippen LogP contribution in [-0.2, 0) is 0 Å². The van der Waals surface area contributed by atoms with Gasteiger partial charge in [0, 0.05) is 22.4 Å². The van der Waals surface area contributed by atoms with Crippen LogP contribution in [0.15, 0.2) is 54.7 Å². The maximum atomic E-state index is 5.08. The van der Waals surface area contributed by atoms with Crippen LogP contribution in [0.4, 0.5) is 0 Å². The van der Waals surface area contributed by atoms with E-state index in [1.807, 2.05) is 12.3 Å². The van der Waals surface area contributed by atoms with E-state index < -0.39 is 8.07 Å². The smallest absolute Gasteiger partial charge is 0.149 e. The van der Waals surface area contributed by atoms with Crippen molar-refractivity contribution in [2.24, 2.45) is 0 Å². The zero-order valence-electron chi connectivity index (χ0n) is 15.0. The van der Waals surface area contributed by atoms with Crippen LogP contribution in [0, 0.1) is 0 Å². The van der Waals surface area contributed by atoms with Gasteiger partial charge < -0.3 is 0 Å². The van der Waals surface area contributed by atoms with E-state index in [0.717, 1.165) is 11.3 Å². The zero-order valence-corrected chi connectivity index (χ0v) is 16.0. The van der Waals surface area contributed by atoms with Gasteiger partial charge in [-0.2, -0.15) is 0 Å². The number of rotatable bonds is 1. The average molecular weight is 354 g/mol. The van der Waals surface area contributed by atoms with Crippen molar-refractivity contribution in [1.82, 2.24) is 18.8 Å². The van der Waals surface area contributed by atoms with Crippen LogP contribution in [0.1, 0.15) is 0 Å². The first-order valence-corrected chi connectivity index (χ1v) is 12.5. The number of para-hydroxylation sites is 2. The van der Waals surface area contributed by atoms with Crippen molar-refractivity contribution >= 4 is 57.5 Å². The number of fused-ring (bicyclic) bond motifs is 5. The van der Waals surface area contributed by atoms with Gasteiger partial charge in [-0.05, 0) is 18.2 Å². The molecule has 4 nitrogen and oxygen atoms in total. The molecule has 0 aliphatic carbocycles. The maximum absolute atomic E-state index is 5.08. The van der Waals surface area contributed by atoms with Gasteiger partial charge in [-0.15, -0.1) is 0 Å². The fourth-order valence-corrected chi connectivity index (χ4v) is 5.64. The Bertz CT molecular complexity index is 1470. The van der Waals surface area contributed by atoms with Crippen LogP contribution in [0.25, 0.3) is 44.1 Å². The highest BCUT2D eigenvalue weighted by Crippen LogP contribution is 2.35. The summed E-state index contributed by atoms with van der Waals surface area (Å²) in [4.78, 5) is 9.83. The van der Waals surface area contributed by atoms with E-state index in [1.165, 1.54) is 38.2 Å². The largest absolute Gasteiger partial charge is 0.293 e. The van der Waals surface area contributed by atoms with Gasteiger partial charge in [0.05, 0.1) is 16.4 Å². The highest BCUT2D eigenvalue weighted by atomic mass is 28.3. The Morgan fingerprint density at radius 1 is 0.808 bits per heavy atom. The van der Waals surface area contributed by atoms with Crippen molar-refractivity contribution in [2.45, 2.75) is 19.6 Å². The van der Waals surface area contributed by atoms with Crippen molar-refractivity contribution in [3.63, 3.8) is 0 Å². The number of aromatic nitrogens is 4. The van der Waals surface area contributed by atoms with Gasteiger partial charge >= 0.3 is 0 Å². The van der Waals surface area contributed by atoms with Gasteiger partial charge in [0.2, 0.25) is 0 Å². The Hall–Kier alpha value is -2.92. The van der Waals surface area contributed by atoms with E-state index >= 15 is 0 Å². The van der Waals surface area contributed by atoms with E-state index in [4.69, 9.17) is 9.97 Å². The summed E-state index contributed by atoms with van der Waals surface area (Å²) in [7, 11) is -1.65. The second-order valence-corrected chi connectivity index (χ2v) is 13.0. The zero-order chi connectivity index (χ0) is 17.6. The molecule has 0 aliphatic heterocycles. The highest BCUT2D eigenvalue weighted by Gasteiger charge is 2.28. The summed E-state index contributed by atoms with van der Waals surface area (Å²) in [5.41, 5.74) is 5.66. The summed E-state index contributed by atoms with van der Waals surface area (Å²) >= 11 is 0. The van der Waals surface area contributed by atoms with E-state index in [0.29, 0.717) is 0 Å². The molecule has 2 aromatic carbocycles. The lowest BCUT2D eigenvalue weighted by Gasteiger charge is -2.15. The van der Waals surface area contributed by atoms with Crippen LogP contribution in [0.5, 0.6) is 0 Å². The predicted molar refractivity (Wildman–Crippen MR) is 111 cm³/mol. The minimum atomic E-state index is -1.65. The molecule has 0 amide bonds. The molecule has 0 radical (unpaired) electrons. The second kappa shape index (κ2) is 4.43. The third kappa shape index (κ3) is 1.55. The molecule has 0 N–H and O–H groups in total. The third-order valence-corrected chi connectivity index (χ3v) is 7.13. The molecule has 0 saturated heterocycles. The minimum absolute atomic E-state index is 0.989. The summed E-state index contributed by atoms with van der Waals surface area (Å²) in [6.45, 7) is 7.09. The minimum Gasteiger partial charge on any atom is -0.293 e. The van der Waals surface area contributed by atoms with Crippen LogP contribution in [0.3, 0.4) is 0 Å². The predicted octanol–water partition coefficient (Wildman–Crippen LogP) is 4.42. The lowest BCUT2D eigenvalue weighted by Crippen LogP contribution is -2.40. The quantitative estimate of drug-likeness (QED) is 0.323. The van der Waals surface area contributed by atoms with Crippen LogP contribution >= 0.6 is 0 Å². The summed E-state index contributed by atoms with van der Waals surface area (Å²) in [5, 5.41) is 4.99. The SMILES string of the molecule is C[Si](C)(C)c1nc2ccnc3c4cccc5c6ccccc6n(c54)c1n23. The van der Waals surface area contributed by atoms with Crippen LogP contribution < -0.4 is 5.32 Å². The molecular weight excluding hydrogens is 336 g/mol. The van der Waals surface area contributed by atoms with E-state index in [9.17, 15) is 0 Å². The number of hydrogen-bond donors (Lipinski definition) is 0. The Kier molecular flexibility index (Phi) is 2.43. The van der Waals surface area contributed by atoms with Gasteiger partial charge in [-0.3, -0.25) is 8.80 Å².